The number of nitrogens with two attached hydrogens (primary N) is 2. The van der Waals surface area contributed by atoms with E-state index < -0.39 is 42.6 Å². The number of ether oxygens (including phenoxy) is 2. The van der Waals surface area contributed by atoms with E-state index in [4.69, 9.17) is 20.9 Å². The topological polar surface area (TPSA) is 160 Å². The van der Waals surface area contributed by atoms with E-state index in [0.717, 1.165) is 25.7 Å². The van der Waals surface area contributed by atoms with E-state index in [0.29, 0.717) is 13.2 Å². The molecule has 1 rings (SSSR count). The van der Waals surface area contributed by atoms with Gasteiger partial charge in [0.05, 0.1) is 25.4 Å². The molecular formula is C16H33N3O6. The Kier molecular flexibility index (Phi) is 9.80. The summed E-state index contributed by atoms with van der Waals surface area (Å²) in [4.78, 5) is 12.0. The number of amides is 1. The van der Waals surface area contributed by atoms with Gasteiger partial charge in [0, 0.05) is 13.0 Å². The highest BCUT2D eigenvalue weighted by atomic mass is 16.7. The standard InChI is InChI=1S/C16H33N3O6/c1-11(18)14(22)19-13-15(24-7-5-3-2-4-6-17)25-12(9-20)8-16(13,23)10-21/h11-13,15,20-21,23H,2-10,17-18H2,1H3,(H,19,22)/t11-,12?,13?,15?,16?/m1/s1. The summed E-state index contributed by atoms with van der Waals surface area (Å²) < 4.78 is 11.3. The Morgan fingerprint density at radius 3 is 2.60 bits per heavy atom. The molecule has 9 heteroatoms. The summed E-state index contributed by atoms with van der Waals surface area (Å²) in [5, 5.41) is 32.3. The van der Waals surface area contributed by atoms with Crippen molar-refractivity contribution in [2.75, 3.05) is 26.4 Å². The van der Waals surface area contributed by atoms with Crippen LogP contribution in [0.1, 0.15) is 39.0 Å². The second-order valence-corrected chi connectivity index (χ2v) is 6.62. The Bertz CT molecular complexity index is 398. The highest BCUT2D eigenvalue weighted by Gasteiger charge is 2.50. The first-order chi connectivity index (χ1) is 11.9. The molecule has 25 heavy (non-hydrogen) atoms. The first-order valence-corrected chi connectivity index (χ1v) is 8.85. The van der Waals surface area contributed by atoms with Crippen LogP contribution in [0, 0.1) is 0 Å². The summed E-state index contributed by atoms with van der Waals surface area (Å²) in [7, 11) is 0. The molecule has 0 aliphatic carbocycles. The van der Waals surface area contributed by atoms with E-state index in [2.05, 4.69) is 5.32 Å². The summed E-state index contributed by atoms with van der Waals surface area (Å²) in [6.07, 6.45) is 1.95. The molecule has 0 saturated carbocycles. The molecule has 1 saturated heterocycles. The normalized spacial score (nSPS) is 30.9. The maximum atomic E-state index is 12.0. The van der Waals surface area contributed by atoms with Crippen molar-refractivity contribution in [3.05, 3.63) is 0 Å². The van der Waals surface area contributed by atoms with E-state index in [-0.39, 0.29) is 13.0 Å². The Balaban J connectivity index is 2.73. The van der Waals surface area contributed by atoms with Gasteiger partial charge in [0.15, 0.2) is 6.29 Å². The van der Waals surface area contributed by atoms with Crippen molar-refractivity contribution >= 4 is 5.91 Å². The monoisotopic (exact) mass is 363 g/mol. The maximum Gasteiger partial charge on any atom is 0.237 e. The Morgan fingerprint density at radius 2 is 2.04 bits per heavy atom. The third kappa shape index (κ3) is 6.78. The summed E-state index contributed by atoms with van der Waals surface area (Å²) >= 11 is 0. The molecule has 0 aromatic heterocycles. The largest absolute Gasteiger partial charge is 0.394 e. The van der Waals surface area contributed by atoms with Gasteiger partial charge in [-0.3, -0.25) is 4.79 Å². The van der Waals surface area contributed by atoms with Gasteiger partial charge in [-0.05, 0) is 26.3 Å². The third-order valence-electron chi connectivity index (χ3n) is 4.33. The first kappa shape index (κ1) is 22.2. The van der Waals surface area contributed by atoms with E-state index in [9.17, 15) is 20.1 Å². The minimum atomic E-state index is -1.67. The highest BCUT2D eigenvalue weighted by Crippen LogP contribution is 2.30. The second-order valence-electron chi connectivity index (χ2n) is 6.62. The molecule has 0 bridgehead atoms. The number of hydrogen-bond donors (Lipinski definition) is 6. The SMILES string of the molecule is C[C@@H](N)C(=O)NC1C(OCCCCCCN)OC(CO)CC1(O)CO. The lowest BCUT2D eigenvalue weighted by Gasteiger charge is -2.46. The summed E-state index contributed by atoms with van der Waals surface area (Å²) in [6.45, 7) is 1.60. The molecule has 1 amide bonds. The number of carbonyl (C=O) groups is 1. The van der Waals surface area contributed by atoms with Crippen LogP contribution in [0.25, 0.3) is 0 Å². The number of rotatable bonds is 11. The van der Waals surface area contributed by atoms with Crippen LogP contribution in [0.5, 0.6) is 0 Å². The van der Waals surface area contributed by atoms with E-state index >= 15 is 0 Å². The quantitative estimate of drug-likeness (QED) is 0.234. The van der Waals surface area contributed by atoms with Crippen LogP contribution in [0.4, 0.5) is 0 Å². The van der Waals surface area contributed by atoms with Crippen LogP contribution in [-0.2, 0) is 14.3 Å². The van der Waals surface area contributed by atoms with Crippen LogP contribution in [0.15, 0.2) is 0 Å². The lowest BCUT2D eigenvalue weighted by Crippen LogP contribution is -2.67. The zero-order chi connectivity index (χ0) is 18.9. The lowest BCUT2D eigenvalue weighted by atomic mass is 9.85. The van der Waals surface area contributed by atoms with Crippen LogP contribution in [0.2, 0.25) is 0 Å². The molecule has 148 valence electrons. The summed E-state index contributed by atoms with van der Waals surface area (Å²) in [6, 6.07) is -1.77. The third-order valence-corrected chi connectivity index (χ3v) is 4.33. The first-order valence-electron chi connectivity index (χ1n) is 8.85. The van der Waals surface area contributed by atoms with E-state index in [1.807, 2.05) is 0 Å². The fourth-order valence-corrected chi connectivity index (χ4v) is 2.78. The van der Waals surface area contributed by atoms with Gasteiger partial charge in [-0.2, -0.15) is 0 Å². The molecule has 0 spiro atoms. The predicted molar refractivity (Wildman–Crippen MR) is 91.5 cm³/mol. The smallest absolute Gasteiger partial charge is 0.237 e. The number of hydrogen-bond acceptors (Lipinski definition) is 8. The maximum absolute atomic E-state index is 12.0. The molecule has 1 aliphatic rings. The van der Waals surface area contributed by atoms with Crippen molar-refractivity contribution in [3.63, 3.8) is 0 Å². The average Bonchev–Trinajstić information content (AvgIpc) is 2.59. The fourth-order valence-electron chi connectivity index (χ4n) is 2.78. The summed E-state index contributed by atoms with van der Waals surface area (Å²) in [5.74, 6) is -0.487. The van der Waals surface area contributed by atoms with Crippen molar-refractivity contribution in [2.24, 2.45) is 11.5 Å². The zero-order valence-corrected chi connectivity index (χ0v) is 14.9. The molecule has 0 radical (unpaired) electrons. The van der Waals surface area contributed by atoms with Crippen molar-refractivity contribution in [1.29, 1.82) is 0 Å². The summed E-state index contributed by atoms with van der Waals surface area (Å²) in [5.41, 5.74) is 9.34. The van der Waals surface area contributed by atoms with Gasteiger partial charge in [-0.25, -0.2) is 0 Å². The molecule has 0 aromatic rings. The van der Waals surface area contributed by atoms with Crippen molar-refractivity contribution in [1.82, 2.24) is 5.32 Å². The Hall–Kier alpha value is -0.810. The van der Waals surface area contributed by atoms with Crippen molar-refractivity contribution in [3.8, 4) is 0 Å². The predicted octanol–water partition coefficient (Wildman–Crippen LogP) is -1.82. The van der Waals surface area contributed by atoms with Gasteiger partial charge in [0.25, 0.3) is 0 Å². The van der Waals surface area contributed by atoms with Gasteiger partial charge >= 0.3 is 0 Å². The van der Waals surface area contributed by atoms with E-state index in [1.165, 1.54) is 6.92 Å². The molecule has 1 fully saturated rings. The number of nitrogens with one attached hydrogen (secondary N) is 1. The molecule has 9 nitrogen and oxygen atoms in total. The number of aliphatic hydroxyl groups excluding tert-OH is 2. The fraction of sp³-hybridized carbons (Fsp3) is 0.938. The molecule has 5 atom stereocenters. The van der Waals surface area contributed by atoms with Gasteiger partial charge in [0.2, 0.25) is 5.91 Å². The molecule has 0 aromatic carbocycles. The van der Waals surface area contributed by atoms with Gasteiger partial charge in [0.1, 0.15) is 11.6 Å². The second kappa shape index (κ2) is 11.0. The van der Waals surface area contributed by atoms with Gasteiger partial charge in [-0.15, -0.1) is 0 Å². The van der Waals surface area contributed by atoms with Gasteiger partial charge < -0.3 is 41.6 Å². The highest BCUT2D eigenvalue weighted by molar-refractivity contribution is 5.81. The number of unbranched alkanes of at least 4 members (excludes halogenated alkanes) is 3. The van der Waals surface area contributed by atoms with E-state index in [1.54, 1.807) is 0 Å². The van der Waals surface area contributed by atoms with Crippen molar-refractivity contribution < 1.29 is 29.6 Å². The number of carbonyl (C=O) groups excluding carboxylic acids is 1. The molecule has 1 heterocycles. The minimum absolute atomic E-state index is 0.0275. The molecule has 1 aliphatic heterocycles. The van der Waals surface area contributed by atoms with Crippen LogP contribution in [-0.4, -0.2) is 77.7 Å². The Labute approximate surface area is 148 Å². The Morgan fingerprint density at radius 1 is 1.36 bits per heavy atom. The molecule has 4 unspecified atom stereocenters. The zero-order valence-electron chi connectivity index (χ0n) is 14.9. The lowest BCUT2D eigenvalue weighted by molar-refractivity contribution is -0.267. The molecule has 8 N–H and O–H groups in total. The average molecular weight is 363 g/mol. The van der Waals surface area contributed by atoms with Gasteiger partial charge in [-0.1, -0.05) is 12.8 Å². The minimum Gasteiger partial charge on any atom is -0.394 e. The van der Waals surface area contributed by atoms with Crippen LogP contribution < -0.4 is 16.8 Å². The van der Waals surface area contributed by atoms with Crippen LogP contribution >= 0.6 is 0 Å². The van der Waals surface area contributed by atoms with Crippen LogP contribution in [0.3, 0.4) is 0 Å². The number of aliphatic hydroxyl groups is 3. The molecular weight excluding hydrogens is 330 g/mol. The van der Waals surface area contributed by atoms with Crippen molar-refractivity contribution in [2.45, 2.75) is 69.1 Å².